The number of aliphatic imine (C=N–C) groups is 1. The Morgan fingerprint density at radius 1 is 1.45 bits per heavy atom. The van der Waals surface area contributed by atoms with Crippen LogP contribution in [-0.4, -0.2) is 23.7 Å². The Kier molecular flexibility index (Phi) is 7.35. The van der Waals surface area contributed by atoms with E-state index in [-0.39, 0.29) is 48.1 Å². The topological polar surface area (TPSA) is 70.6 Å². The number of hydrogen-bond acceptors (Lipinski definition) is 2. The summed E-state index contributed by atoms with van der Waals surface area (Å²) in [5, 5.41) is 13.0. The van der Waals surface area contributed by atoms with Gasteiger partial charge in [-0.25, -0.2) is 8.78 Å². The van der Waals surface area contributed by atoms with Gasteiger partial charge in [-0.2, -0.15) is 0 Å². The van der Waals surface area contributed by atoms with Crippen LogP contribution in [0.15, 0.2) is 23.2 Å². The Bertz CT molecular complexity index is 479. The highest BCUT2D eigenvalue weighted by Crippen LogP contribution is 2.24. The van der Waals surface area contributed by atoms with Crippen LogP contribution in [0, 0.1) is 11.6 Å². The molecule has 0 saturated carbocycles. The summed E-state index contributed by atoms with van der Waals surface area (Å²) in [6.07, 6.45) is 0. The van der Waals surface area contributed by atoms with Gasteiger partial charge >= 0.3 is 0 Å². The van der Waals surface area contributed by atoms with Gasteiger partial charge in [0.15, 0.2) is 5.96 Å². The van der Waals surface area contributed by atoms with Crippen LogP contribution >= 0.6 is 24.0 Å². The summed E-state index contributed by atoms with van der Waals surface area (Å²) in [4.78, 5) is 3.95. The van der Waals surface area contributed by atoms with Crippen molar-refractivity contribution in [2.45, 2.75) is 32.4 Å². The maximum atomic E-state index is 13.6. The highest BCUT2D eigenvalue weighted by molar-refractivity contribution is 14.0. The van der Waals surface area contributed by atoms with E-state index in [9.17, 15) is 13.9 Å². The van der Waals surface area contributed by atoms with Crippen LogP contribution in [0.5, 0.6) is 0 Å². The number of hydrogen-bond donors (Lipinski definition) is 3. The van der Waals surface area contributed by atoms with Crippen LogP contribution in [0.3, 0.4) is 0 Å². The number of halogens is 3. The van der Waals surface area contributed by atoms with E-state index < -0.39 is 17.2 Å². The maximum Gasteiger partial charge on any atom is 0.188 e. The van der Waals surface area contributed by atoms with Gasteiger partial charge in [0.2, 0.25) is 0 Å². The quantitative estimate of drug-likeness (QED) is 0.413. The molecule has 1 atom stereocenters. The molecule has 0 spiro atoms. The van der Waals surface area contributed by atoms with Crippen LogP contribution in [-0.2, 0) is 5.60 Å². The summed E-state index contributed by atoms with van der Waals surface area (Å²) < 4.78 is 26.4. The Morgan fingerprint density at radius 2 is 2.05 bits per heavy atom. The van der Waals surface area contributed by atoms with Crippen molar-refractivity contribution in [2.75, 3.05) is 6.54 Å². The van der Waals surface area contributed by atoms with Gasteiger partial charge in [0.05, 0.1) is 6.54 Å². The Morgan fingerprint density at radius 3 is 2.55 bits per heavy atom. The van der Waals surface area contributed by atoms with Crippen molar-refractivity contribution in [3.8, 4) is 0 Å². The average Bonchev–Trinajstić information content (AvgIpc) is 2.25. The molecule has 1 unspecified atom stereocenters. The molecular formula is C13H20F2IN3O. The van der Waals surface area contributed by atoms with Crippen LogP contribution < -0.4 is 11.1 Å². The van der Waals surface area contributed by atoms with Gasteiger partial charge in [-0.1, -0.05) is 6.07 Å². The molecule has 0 saturated heterocycles. The number of rotatable bonds is 4. The second kappa shape index (κ2) is 7.72. The molecule has 114 valence electrons. The first-order chi connectivity index (χ1) is 8.72. The lowest BCUT2D eigenvalue weighted by Gasteiger charge is -2.22. The molecule has 20 heavy (non-hydrogen) atoms. The number of guanidine groups is 1. The number of benzene rings is 1. The zero-order valence-corrected chi connectivity index (χ0v) is 14.0. The van der Waals surface area contributed by atoms with E-state index >= 15 is 0 Å². The Hall–Kier alpha value is -0.960. The van der Waals surface area contributed by atoms with Gasteiger partial charge in [-0.05, 0) is 26.8 Å². The van der Waals surface area contributed by atoms with Gasteiger partial charge in [0.25, 0.3) is 0 Å². The predicted molar refractivity (Wildman–Crippen MR) is 86.1 cm³/mol. The molecule has 1 aromatic carbocycles. The number of nitrogens with one attached hydrogen (secondary N) is 1. The standard InChI is InChI=1S/C13H19F2N3O.HI/c1-8(2)18-12(16)17-7-13(3,19)10-5-4-9(14)6-11(10)15;/h4-6,8,19H,7H2,1-3H3,(H3,16,17,18);1H. The molecular weight excluding hydrogens is 379 g/mol. The third kappa shape index (κ3) is 5.58. The minimum atomic E-state index is -1.55. The fraction of sp³-hybridized carbons (Fsp3) is 0.462. The summed E-state index contributed by atoms with van der Waals surface area (Å²) >= 11 is 0. The van der Waals surface area contributed by atoms with E-state index in [1.54, 1.807) is 0 Å². The van der Waals surface area contributed by atoms with Gasteiger partial charge in [-0.15, -0.1) is 24.0 Å². The lowest BCUT2D eigenvalue weighted by atomic mass is 9.95. The van der Waals surface area contributed by atoms with E-state index in [4.69, 9.17) is 5.73 Å². The van der Waals surface area contributed by atoms with Crippen molar-refractivity contribution >= 4 is 29.9 Å². The van der Waals surface area contributed by atoms with Crippen molar-refractivity contribution in [2.24, 2.45) is 10.7 Å². The second-order valence-electron chi connectivity index (χ2n) is 4.90. The summed E-state index contributed by atoms with van der Waals surface area (Å²) in [7, 11) is 0. The molecule has 0 heterocycles. The molecule has 0 aliphatic rings. The van der Waals surface area contributed by atoms with E-state index in [0.717, 1.165) is 12.1 Å². The fourth-order valence-electron chi connectivity index (χ4n) is 1.59. The molecule has 0 amide bonds. The Balaban J connectivity index is 0.00000361. The molecule has 1 rings (SSSR count). The lowest BCUT2D eigenvalue weighted by Crippen LogP contribution is -2.38. The molecule has 7 heteroatoms. The van der Waals surface area contributed by atoms with Crippen molar-refractivity contribution in [3.05, 3.63) is 35.4 Å². The molecule has 0 radical (unpaired) electrons. The highest BCUT2D eigenvalue weighted by Gasteiger charge is 2.26. The zero-order valence-electron chi connectivity index (χ0n) is 11.7. The van der Waals surface area contributed by atoms with Gasteiger partial charge in [0, 0.05) is 17.7 Å². The average molecular weight is 399 g/mol. The molecule has 0 aromatic heterocycles. The molecule has 0 bridgehead atoms. The fourth-order valence-corrected chi connectivity index (χ4v) is 1.59. The van der Waals surface area contributed by atoms with Crippen molar-refractivity contribution < 1.29 is 13.9 Å². The van der Waals surface area contributed by atoms with E-state index in [2.05, 4.69) is 10.3 Å². The first kappa shape index (κ1) is 19.0. The lowest BCUT2D eigenvalue weighted by molar-refractivity contribution is 0.0633. The first-order valence-corrected chi connectivity index (χ1v) is 5.97. The van der Waals surface area contributed by atoms with Crippen LogP contribution in [0.2, 0.25) is 0 Å². The zero-order chi connectivity index (χ0) is 14.6. The molecule has 0 aliphatic heterocycles. The van der Waals surface area contributed by atoms with Gasteiger partial charge in [0.1, 0.15) is 17.2 Å². The highest BCUT2D eigenvalue weighted by atomic mass is 127. The normalized spacial score (nSPS) is 14.7. The minimum absolute atomic E-state index is 0. The van der Waals surface area contributed by atoms with E-state index in [1.165, 1.54) is 13.0 Å². The third-order valence-corrected chi connectivity index (χ3v) is 2.51. The molecule has 4 nitrogen and oxygen atoms in total. The number of aliphatic hydroxyl groups is 1. The van der Waals surface area contributed by atoms with Crippen molar-refractivity contribution in [3.63, 3.8) is 0 Å². The summed E-state index contributed by atoms with van der Waals surface area (Å²) in [6.45, 7) is 5.05. The van der Waals surface area contributed by atoms with E-state index in [0.29, 0.717) is 0 Å². The van der Waals surface area contributed by atoms with E-state index in [1.807, 2.05) is 13.8 Å². The monoisotopic (exact) mass is 399 g/mol. The van der Waals surface area contributed by atoms with Crippen molar-refractivity contribution in [1.29, 1.82) is 0 Å². The van der Waals surface area contributed by atoms with Gasteiger partial charge in [-0.3, -0.25) is 4.99 Å². The SMILES string of the molecule is CC(C)NC(N)=NCC(C)(O)c1ccc(F)cc1F.I. The molecule has 0 aliphatic carbocycles. The minimum Gasteiger partial charge on any atom is -0.383 e. The maximum absolute atomic E-state index is 13.6. The first-order valence-electron chi connectivity index (χ1n) is 5.97. The molecule has 0 fully saturated rings. The summed E-state index contributed by atoms with van der Waals surface area (Å²) in [5.41, 5.74) is 4.02. The summed E-state index contributed by atoms with van der Waals surface area (Å²) in [5.74, 6) is -1.34. The van der Waals surface area contributed by atoms with Crippen molar-refractivity contribution in [1.82, 2.24) is 5.32 Å². The predicted octanol–water partition coefficient (Wildman–Crippen LogP) is 2.10. The molecule has 1 aromatic rings. The van der Waals surface area contributed by atoms with Crippen LogP contribution in [0.25, 0.3) is 0 Å². The third-order valence-electron chi connectivity index (χ3n) is 2.51. The summed E-state index contributed by atoms with van der Waals surface area (Å²) in [6, 6.07) is 3.12. The smallest absolute Gasteiger partial charge is 0.188 e. The molecule has 4 N–H and O–H groups in total. The van der Waals surface area contributed by atoms with Gasteiger partial charge < -0.3 is 16.2 Å². The van der Waals surface area contributed by atoms with Crippen LogP contribution in [0.4, 0.5) is 8.78 Å². The van der Waals surface area contributed by atoms with Crippen LogP contribution in [0.1, 0.15) is 26.3 Å². The number of nitrogens with two attached hydrogens (primary N) is 1. The largest absolute Gasteiger partial charge is 0.383 e. The number of nitrogens with zero attached hydrogens (tertiary/aromatic N) is 1. The Labute approximate surface area is 134 Å². The second-order valence-corrected chi connectivity index (χ2v) is 4.90.